The normalized spacial score (nSPS) is 31.1. The molecule has 12 heteroatoms. The molecule has 0 aromatic rings. The van der Waals surface area contributed by atoms with Crippen LogP contribution in [0, 0.1) is 41.4 Å². The highest BCUT2D eigenvalue weighted by Gasteiger charge is 2.53. The zero-order chi connectivity index (χ0) is 30.5. The van der Waals surface area contributed by atoms with Gasteiger partial charge < -0.3 is 24.1 Å². The first-order valence-electron chi connectivity index (χ1n) is 13.6. The summed E-state index contributed by atoms with van der Waals surface area (Å²) in [5.74, 6) is -3.87. The van der Waals surface area contributed by atoms with E-state index in [0.717, 1.165) is 22.5 Å². The zero-order valence-electron chi connectivity index (χ0n) is 24.7. The van der Waals surface area contributed by atoms with Crippen molar-refractivity contribution in [2.75, 3.05) is 28.4 Å². The van der Waals surface area contributed by atoms with E-state index in [1.54, 1.807) is 13.8 Å². The lowest BCUT2D eigenvalue weighted by Gasteiger charge is -2.37. The summed E-state index contributed by atoms with van der Waals surface area (Å²) in [5.41, 5.74) is 1.97. The number of halogens is 1. The van der Waals surface area contributed by atoms with E-state index in [0.29, 0.717) is 19.3 Å². The predicted octanol–water partition coefficient (Wildman–Crippen LogP) is 4.15. The van der Waals surface area contributed by atoms with E-state index in [-0.39, 0.29) is 23.7 Å². The third-order valence-electron chi connectivity index (χ3n) is 8.95. The summed E-state index contributed by atoms with van der Waals surface area (Å²) in [5, 5.41) is 22.4. The molecule has 1 amide bonds. The predicted molar refractivity (Wildman–Crippen MR) is 154 cm³/mol. The number of hydrogen-bond acceptors (Lipinski definition) is 9. The third kappa shape index (κ3) is 7.22. The number of aliphatic hydroxyl groups excluding tert-OH is 2. The van der Waals surface area contributed by atoms with Gasteiger partial charge in [0.25, 0.3) is 0 Å². The van der Waals surface area contributed by atoms with Crippen molar-refractivity contribution in [1.29, 1.82) is 0 Å². The van der Waals surface area contributed by atoms with Crippen LogP contribution < -0.4 is 0 Å². The van der Waals surface area contributed by atoms with Crippen molar-refractivity contribution in [3.63, 3.8) is 0 Å². The summed E-state index contributed by atoms with van der Waals surface area (Å²) in [6, 6.07) is 0. The number of nitrogens with zero attached hydrogens (tertiary/aromatic N) is 1. The standard InChI is InChI=1S/C28H45BrNO9P/c1-15(9-11-19-16(2)13-21-23(22(19)14-31)25(33)18(4)24(21)32)10-12-20(17(3)28(35)30(5)37-6)26(34)27(29)40(36,38-7)39-8/h9,13-14,17-25,27,32-33H,10-12H2,1-8H3/b15-9+/t17-,18+,19+,20+,21-,22+,23+,24+,25-,27?/m0/s1. The zero-order valence-corrected chi connectivity index (χ0v) is 27.1. The van der Waals surface area contributed by atoms with Crippen molar-refractivity contribution in [2.45, 2.75) is 63.7 Å². The minimum absolute atomic E-state index is 0.115. The number of aldehydes is 1. The van der Waals surface area contributed by atoms with E-state index in [4.69, 9.17) is 13.9 Å². The summed E-state index contributed by atoms with van der Waals surface area (Å²) in [4.78, 5) is 43.6. The number of ketones is 1. The largest absolute Gasteiger partial charge is 0.392 e. The van der Waals surface area contributed by atoms with Gasteiger partial charge in [-0.3, -0.25) is 19.0 Å². The SMILES string of the molecule is CON(C)C(=O)[C@@H](C)[C@@H](CC/C(C)=C/C[C@@H]1C(C)=C[C@@H]2[C@H](O)[C@@H](C)[C@H](O)[C@H]2[C@@H]1C=O)C(=O)C(Br)P(=O)(OC)OC. The van der Waals surface area contributed by atoms with Gasteiger partial charge in [-0.15, -0.1) is 0 Å². The highest BCUT2D eigenvalue weighted by atomic mass is 79.9. The van der Waals surface area contributed by atoms with Crippen LogP contribution in [0.25, 0.3) is 0 Å². The Balaban J connectivity index is 2.24. The van der Waals surface area contributed by atoms with Gasteiger partial charge in [-0.05, 0) is 39.0 Å². The first kappa shape index (κ1) is 35.0. The molecule has 2 rings (SSSR count). The van der Waals surface area contributed by atoms with Gasteiger partial charge in [0.05, 0.1) is 19.3 Å². The first-order chi connectivity index (χ1) is 18.7. The molecule has 0 radical (unpaired) electrons. The van der Waals surface area contributed by atoms with Crippen molar-refractivity contribution in [2.24, 2.45) is 41.4 Å². The van der Waals surface area contributed by atoms with Crippen LogP contribution in [-0.2, 0) is 32.8 Å². The number of allylic oxidation sites excluding steroid dienone is 3. The fourth-order valence-corrected chi connectivity index (χ4v) is 8.54. The molecule has 10 atom stereocenters. The second-order valence-electron chi connectivity index (χ2n) is 11.1. The number of carbonyl (C=O) groups is 3. The average molecular weight is 651 g/mol. The molecule has 0 aromatic heterocycles. The van der Waals surface area contributed by atoms with Gasteiger partial charge in [-0.25, -0.2) is 5.06 Å². The van der Waals surface area contributed by atoms with Gasteiger partial charge in [0.1, 0.15) is 6.29 Å². The van der Waals surface area contributed by atoms with E-state index in [1.807, 2.05) is 26.0 Å². The van der Waals surface area contributed by atoms with Crippen LogP contribution in [0.3, 0.4) is 0 Å². The van der Waals surface area contributed by atoms with E-state index < -0.39 is 53.8 Å². The maximum atomic E-state index is 13.5. The van der Waals surface area contributed by atoms with Gasteiger partial charge >= 0.3 is 7.60 Å². The van der Waals surface area contributed by atoms with Crippen LogP contribution in [0.5, 0.6) is 0 Å². The van der Waals surface area contributed by atoms with E-state index in [9.17, 15) is 29.2 Å². The molecule has 0 aliphatic heterocycles. The summed E-state index contributed by atoms with van der Waals surface area (Å²) in [6.45, 7) is 7.32. The van der Waals surface area contributed by atoms with Gasteiger partial charge in [0.15, 0.2) is 10.4 Å². The van der Waals surface area contributed by atoms with E-state index >= 15 is 0 Å². The Morgan fingerprint density at radius 2 is 1.80 bits per heavy atom. The number of rotatable bonds is 14. The average Bonchev–Trinajstić information content (AvgIpc) is 3.16. The summed E-state index contributed by atoms with van der Waals surface area (Å²) < 4.78 is 21.7. The second-order valence-corrected chi connectivity index (χ2v) is 15.1. The third-order valence-corrected chi connectivity index (χ3v) is 12.7. The minimum Gasteiger partial charge on any atom is -0.392 e. The lowest BCUT2D eigenvalue weighted by Crippen LogP contribution is -2.39. The molecule has 0 saturated heterocycles. The van der Waals surface area contributed by atoms with Gasteiger partial charge in [-0.2, -0.15) is 0 Å². The first-order valence-corrected chi connectivity index (χ1v) is 16.1. The van der Waals surface area contributed by atoms with Crippen LogP contribution in [-0.4, -0.2) is 78.4 Å². The number of hydrogen-bond donors (Lipinski definition) is 2. The number of fused-ring (bicyclic) bond motifs is 1. The summed E-state index contributed by atoms with van der Waals surface area (Å²) in [7, 11) is 1.43. The monoisotopic (exact) mass is 649 g/mol. The van der Waals surface area contributed by atoms with Crippen molar-refractivity contribution < 1.29 is 43.0 Å². The molecule has 1 fully saturated rings. The number of aliphatic hydroxyl groups is 2. The van der Waals surface area contributed by atoms with Crippen LogP contribution in [0.15, 0.2) is 23.3 Å². The van der Waals surface area contributed by atoms with Crippen LogP contribution in [0.1, 0.15) is 47.0 Å². The lowest BCUT2D eigenvalue weighted by atomic mass is 9.67. The van der Waals surface area contributed by atoms with E-state index in [1.165, 1.54) is 28.4 Å². The fraction of sp³-hybridized carbons (Fsp3) is 0.750. The van der Waals surface area contributed by atoms with Crippen molar-refractivity contribution in [3.8, 4) is 0 Å². The molecule has 0 aromatic carbocycles. The van der Waals surface area contributed by atoms with E-state index in [2.05, 4.69) is 15.9 Å². The molecular weight excluding hydrogens is 605 g/mol. The van der Waals surface area contributed by atoms with Crippen molar-refractivity contribution in [1.82, 2.24) is 5.06 Å². The Morgan fingerprint density at radius 3 is 2.33 bits per heavy atom. The molecule has 1 saturated carbocycles. The summed E-state index contributed by atoms with van der Waals surface area (Å²) >= 11 is 3.19. The van der Waals surface area contributed by atoms with Crippen LogP contribution >= 0.6 is 23.5 Å². The molecule has 2 aliphatic carbocycles. The lowest BCUT2D eigenvalue weighted by molar-refractivity contribution is -0.175. The molecule has 2 N–H and O–H groups in total. The molecule has 0 bridgehead atoms. The smallest absolute Gasteiger partial charge is 0.351 e. The Labute approximate surface area is 246 Å². The number of Topliss-reactive ketones (excluding diaryl/α,β-unsaturated/α-hetero) is 1. The molecule has 1 unspecified atom stereocenters. The number of carbonyl (C=O) groups excluding carboxylic acids is 3. The highest BCUT2D eigenvalue weighted by Crippen LogP contribution is 2.56. The summed E-state index contributed by atoms with van der Waals surface area (Å²) in [6.07, 6.45) is 4.82. The Bertz CT molecular complexity index is 1030. The molecule has 10 nitrogen and oxygen atoms in total. The number of alkyl halides is 1. The van der Waals surface area contributed by atoms with Gasteiger partial charge in [0.2, 0.25) is 5.91 Å². The minimum atomic E-state index is -3.78. The Kier molecular flexibility index (Phi) is 13.0. The van der Waals surface area contributed by atoms with Gasteiger partial charge in [0, 0.05) is 56.8 Å². The molecule has 2 aliphatic rings. The Hall–Kier alpha value is -1.20. The van der Waals surface area contributed by atoms with Crippen molar-refractivity contribution in [3.05, 3.63) is 23.3 Å². The fourth-order valence-electron chi connectivity index (χ4n) is 6.17. The maximum absolute atomic E-state index is 13.5. The van der Waals surface area contributed by atoms with Crippen molar-refractivity contribution >= 4 is 41.5 Å². The maximum Gasteiger partial charge on any atom is 0.351 e. The molecule has 40 heavy (non-hydrogen) atoms. The highest BCUT2D eigenvalue weighted by molar-refractivity contribution is 9.11. The second kappa shape index (κ2) is 14.8. The topological polar surface area (TPSA) is 140 Å². The number of amides is 1. The van der Waals surface area contributed by atoms with Crippen LogP contribution in [0.4, 0.5) is 0 Å². The Morgan fingerprint density at radius 1 is 1.20 bits per heavy atom. The molecule has 0 spiro atoms. The molecular formula is C28H45BrNO9P. The van der Waals surface area contributed by atoms with Gasteiger partial charge in [-0.1, -0.05) is 53.1 Å². The number of hydroxylamine groups is 2. The molecule has 0 heterocycles. The quantitative estimate of drug-likeness (QED) is 0.0934. The molecule has 228 valence electrons. The van der Waals surface area contributed by atoms with Crippen LogP contribution in [0.2, 0.25) is 0 Å².